The molecule has 1 heterocycles. The van der Waals surface area contributed by atoms with Crippen LogP contribution in [0.3, 0.4) is 0 Å². The number of piperidine rings is 1. The Morgan fingerprint density at radius 1 is 1.27 bits per heavy atom. The molecule has 0 unspecified atom stereocenters. The minimum Gasteiger partial charge on any atom is -0.396 e. The van der Waals surface area contributed by atoms with Gasteiger partial charge in [0.15, 0.2) is 0 Å². The molecule has 0 bridgehead atoms. The highest BCUT2D eigenvalue weighted by atomic mass is 35.5. The molecule has 22 heavy (non-hydrogen) atoms. The molecule has 1 N–H and O–H groups in total. The zero-order valence-corrected chi connectivity index (χ0v) is 14.5. The van der Waals surface area contributed by atoms with E-state index in [4.69, 9.17) is 23.2 Å². The molecule has 5 heteroatoms. The van der Waals surface area contributed by atoms with Crippen LogP contribution in [0.2, 0.25) is 10.0 Å². The van der Waals surface area contributed by atoms with Crippen LogP contribution in [0.1, 0.15) is 38.2 Å². The van der Waals surface area contributed by atoms with Crippen LogP contribution >= 0.6 is 23.2 Å². The molecule has 0 spiro atoms. The fourth-order valence-corrected chi connectivity index (χ4v) is 3.28. The first-order valence-electron chi connectivity index (χ1n) is 7.82. The average Bonchev–Trinajstić information content (AvgIpc) is 2.55. The summed E-state index contributed by atoms with van der Waals surface area (Å²) in [6.45, 7) is 3.82. The molecule has 3 nitrogen and oxygen atoms in total. The molecule has 1 saturated heterocycles. The van der Waals surface area contributed by atoms with E-state index in [1.165, 1.54) is 0 Å². The Hall–Kier alpha value is -0.770. The van der Waals surface area contributed by atoms with Crippen LogP contribution in [0.15, 0.2) is 18.2 Å². The third kappa shape index (κ3) is 4.15. The first-order valence-corrected chi connectivity index (χ1v) is 8.58. The van der Waals surface area contributed by atoms with Gasteiger partial charge >= 0.3 is 0 Å². The molecule has 0 aromatic heterocycles. The molecule has 1 fully saturated rings. The summed E-state index contributed by atoms with van der Waals surface area (Å²) < 4.78 is 0. The molecule has 1 amide bonds. The van der Waals surface area contributed by atoms with Gasteiger partial charge in [-0.2, -0.15) is 0 Å². The van der Waals surface area contributed by atoms with Crippen LogP contribution in [0.25, 0.3) is 0 Å². The second-order valence-corrected chi connectivity index (χ2v) is 6.96. The second kappa shape index (κ2) is 7.67. The van der Waals surface area contributed by atoms with Gasteiger partial charge in [0.2, 0.25) is 5.91 Å². The number of benzene rings is 1. The van der Waals surface area contributed by atoms with E-state index in [0.717, 1.165) is 37.9 Å². The number of amides is 1. The predicted octanol–water partition coefficient (Wildman–Crippen LogP) is 3.94. The zero-order valence-electron chi connectivity index (χ0n) is 12.9. The maximum atomic E-state index is 12.3. The van der Waals surface area contributed by atoms with Gasteiger partial charge in [-0.3, -0.25) is 4.79 Å². The number of aliphatic hydroxyl groups is 1. The number of hydrogen-bond acceptors (Lipinski definition) is 2. The first kappa shape index (κ1) is 17.6. The first-order chi connectivity index (χ1) is 10.5. The molecule has 0 radical (unpaired) electrons. The Morgan fingerprint density at radius 2 is 1.95 bits per heavy atom. The predicted molar refractivity (Wildman–Crippen MR) is 90.4 cm³/mol. The van der Waals surface area contributed by atoms with E-state index >= 15 is 0 Å². The van der Waals surface area contributed by atoms with E-state index in [2.05, 4.69) is 6.92 Å². The lowest BCUT2D eigenvalue weighted by Gasteiger charge is -2.40. The Kier molecular flexibility index (Phi) is 6.13. The molecule has 122 valence electrons. The fourth-order valence-electron chi connectivity index (χ4n) is 2.96. The number of aryl methyl sites for hydroxylation is 1. The molecule has 1 aliphatic heterocycles. The third-order valence-corrected chi connectivity index (χ3v) is 5.61. The molecule has 0 atom stereocenters. The summed E-state index contributed by atoms with van der Waals surface area (Å²) in [5, 5.41) is 10.6. The van der Waals surface area contributed by atoms with Crippen molar-refractivity contribution in [2.24, 2.45) is 5.41 Å². The van der Waals surface area contributed by atoms with Crippen LogP contribution < -0.4 is 0 Å². The van der Waals surface area contributed by atoms with Crippen LogP contribution in [0.4, 0.5) is 0 Å². The highest BCUT2D eigenvalue weighted by Gasteiger charge is 2.33. The molecular weight excluding hydrogens is 321 g/mol. The molecule has 1 aromatic carbocycles. The van der Waals surface area contributed by atoms with Gasteiger partial charge in [0.1, 0.15) is 0 Å². The van der Waals surface area contributed by atoms with Gasteiger partial charge < -0.3 is 10.0 Å². The number of nitrogens with zero attached hydrogens (tertiary/aromatic N) is 1. The number of carbonyl (C=O) groups excluding carboxylic acids is 1. The molecule has 2 rings (SSSR count). The van der Waals surface area contributed by atoms with Crippen LogP contribution in [0.5, 0.6) is 0 Å². The van der Waals surface area contributed by atoms with Gasteiger partial charge in [0, 0.05) is 26.1 Å². The molecule has 0 saturated carbocycles. The Labute approximate surface area is 142 Å². The van der Waals surface area contributed by atoms with Crippen LogP contribution in [0, 0.1) is 5.41 Å². The molecule has 1 aromatic rings. The average molecular weight is 344 g/mol. The van der Waals surface area contributed by atoms with Crippen molar-refractivity contribution in [3.8, 4) is 0 Å². The van der Waals surface area contributed by atoms with Crippen molar-refractivity contribution in [2.45, 2.75) is 39.0 Å². The van der Waals surface area contributed by atoms with Gasteiger partial charge in [0.05, 0.1) is 10.0 Å². The van der Waals surface area contributed by atoms with Gasteiger partial charge in [-0.25, -0.2) is 0 Å². The normalized spacial score (nSPS) is 17.5. The van der Waals surface area contributed by atoms with Gasteiger partial charge in [-0.1, -0.05) is 36.2 Å². The lowest BCUT2D eigenvalue weighted by molar-refractivity contribution is -0.134. The van der Waals surface area contributed by atoms with Crippen LogP contribution in [-0.2, 0) is 11.2 Å². The van der Waals surface area contributed by atoms with Crippen molar-refractivity contribution in [1.29, 1.82) is 0 Å². The summed E-state index contributed by atoms with van der Waals surface area (Å²) in [5.41, 5.74) is 1.04. The third-order valence-electron chi connectivity index (χ3n) is 4.87. The van der Waals surface area contributed by atoms with E-state index in [9.17, 15) is 9.90 Å². The Morgan fingerprint density at radius 3 is 2.50 bits per heavy atom. The smallest absolute Gasteiger partial charge is 0.222 e. The maximum absolute atomic E-state index is 12.3. The van der Waals surface area contributed by atoms with Gasteiger partial charge in [-0.05, 0) is 48.8 Å². The van der Waals surface area contributed by atoms with Crippen molar-refractivity contribution in [3.05, 3.63) is 33.8 Å². The molecular formula is C17H23Cl2NO2. The van der Waals surface area contributed by atoms with Crippen molar-refractivity contribution in [1.82, 2.24) is 4.90 Å². The van der Waals surface area contributed by atoms with E-state index in [0.29, 0.717) is 22.9 Å². The molecule has 1 aliphatic rings. The number of aliphatic hydroxyl groups excluding tert-OH is 1. The number of hydrogen-bond donors (Lipinski definition) is 1. The number of rotatable bonds is 5. The van der Waals surface area contributed by atoms with E-state index in [1.54, 1.807) is 6.07 Å². The minimum absolute atomic E-state index is 0.0144. The zero-order chi connectivity index (χ0) is 16.2. The summed E-state index contributed by atoms with van der Waals surface area (Å²) >= 11 is 11.9. The highest BCUT2D eigenvalue weighted by molar-refractivity contribution is 6.42. The number of likely N-dealkylation sites (tertiary alicyclic amines) is 1. The van der Waals surface area contributed by atoms with Crippen molar-refractivity contribution >= 4 is 29.1 Å². The van der Waals surface area contributed by atoms with Crippen molar-refractivity contribution < 1.29 is 9.90 Å². The topological polar surface area (TPSA) is 40.5 Å². The largest absolute Gasteiger partial charge is 0.396 e. The summed E-state index contributed by atoms with van der Waals surface area (Å²) in [6.07, 6.45) is 3.90. The van der Waals surface area contributed by atoms with E-state index < -0.39 is 0 Å². The molecule has 0 aliphatic carbocycles. The summed E-state index contributed by atoms with van der Waals surface area (Å²) in [7, 11) is 0. The Bertz CT molecular complexity index is 519. The van der Waals surface area contributed by atoms with Crippen molar-refractivity contribution in [2.75, 3.05) is 19.7 Å². The number of halogens is 2. The highest BCUT2D eigenvalue weighted by Crippen LogP contribution is 2.34. The fraction of sp³-hybridized carbons (Fsp3) is 0.588. The SMILES string of the molecule is CCC1(CO)CCN(C(=O)CCc2ccc(Cl)c(Cl)c2)CC1. The van der Waals surface area contributed by atoms with E-state index in [1.807, 2.05) is 17.0 Å². The Balaban J connectivity index is 1.84. The standard InChI is InChI=1S/C17H23Cl2NO2/c1-2-17(12-21)7-9-20(10-8-17)16(22)6-4-13-3-5-14(18)15(19)11-13/h3,5,11,21H,2,4,6-10,12H2,1H3. The van der Waals surface area contributed by atoms with E-state index in [-0.39, 0.29) is 17.9 Å². The maximum Gasteiger partial charge on any atom is 0.222 e. The lowest BCUT2D eigenvalue weighted by Crippen LogP contribution is -2.44. The quantitative estimate of drug-likeness (QED) is 0.879. The monoisotopic (exact) mass is 343 g/mol. The second-order valence-electron chi connectivity index (χ2n) is 6.14. The van der Waals surface area contributed by atoms with Crippen molar-refractivity contribution in [3.63, 3.8) is 0 Å². The minimum atomic E-state index is 0.0144. The summed E-state index contributed by atoms with van der Waals surface area (Å²) in [6, 6.07) is 5.49. The van der Waals surface area contributed by atoms with Gasteiger partial charge in [0.25, 0.3) is 0 Å². The van der Waals surface area contributed by atoms with Crippen LogP contribution in [-0.4, -0.2) is 35.6 Å². The summed E-state index contributed by atoms with van der Waals surface area (Å²) in [4.78, 5) is 14.2. The summed E-state index contributed by atoms with van der Waals surface area (Å²) in [5.74, 6) is 0.175. The van der Waals surface area contributed by atoms with Gasteiger partial charge in [-0.15, -0.1) is 0 Å². The lowest BCUT2D eigenvalue weighted by atomic mass is 9.77. The number of carbonyl (C=O) groups is 1.